The molecule has 88 valence electrons. The summed E-state index contributed by atoms with van der Waals surface area (Å²) in [6.07, 6.45) is 1.14. The van der Waals surface area contributed by atoms with Crippen LogP contribution in [0.2, 0.25) is 0 Å². The molecule has 0 bridgehead atoms. The summed E-state index contributed by atoms with van der Waals surface area (Å²) in [4.78, 5) is 0. The van der Waals surface area contributed by atoms with Gasteiger partial charge in [0.25, 0.3) is 0 Å². The van der Waals surface area contributed by atoms with Crippen LogP contribution in [0.15, 0.2) is 30.3 Å². The van der Waals surface area contributed by atoms with Gasteiger partial charge < -0.3 is 12.4 Å². The van der Waals surface area contributed by atoms with E-state index in [1.165, 1.54) is 5.56 Å². The summed E-state index contributed by atoms with van der Waals surface area (Å²) >= 11 is 0. The van der Waals surface area contributed by atoms with Crippen molar-refractivity contribution in [2.24, 2.45) is 5.84 Å². The van der Waals surface area contributed by atoms with Crippen LogP contribution in [0, 0.1) is 0 Å². The molecule has 0 radical (unpaired) electrons. The lowest BCUT2D eigenvalue weighted by molar-refractivity contribution is -0.908. The molecular weight excluding hydrogens is 208 g/mol. The van der Waals surface area contributed by atoms with Crippen molar-refractivity contribution in [3.05, 3.63) is 35.9 Å². The Balaban J connectivity index is 0. The first-order chi connectivity index (χ1) is 6.74. The number of nitrogens with two attached hydrogens (primary N) is 1. The van der Waals surface area contributed by atoms with Crippen LogP contribution in [0.4, 0.5) is 0 Å². The average molecular weight is 231 g/mol. The fourth-order valence-electron chi connectivity index (χ4n) is 0.964. The van der Waals surface area contributed by atoms with Gasteiger partial charge in [0.2, 0.25) is 0 Å². The molecule has 0 amide bonds. The van der Waals surface area contributed by atoms with Gasteiger partial charge in [0.05, 0.1) is 13.1 Å². The summed E-state index contributed by atoms with van der Waals surface area (Å²) in [5, 5.41) is 1.09. The van der Waals surface area contributed by atoms with E-state index in [9.17, 15) is 0 Å². The van der Waals surface area contributed by atoms with Crippen molar-refractivity contribution >= 4 is 0 Å². The Morgan fingerprint density at radius 2 is 1.47 bits per heavy atom. The van der Waals surface area contributed by atoms with Gasteiger partial charge in [-0.25, -0.2) is 0 Å². The minimum atomic E-state index is 0. The Labute approximate surface area is 99.8 Å². The van der Waals surface area contributed by atoms with E-state index in [1.54, 1.807) is 0 Å². The maximum atomic E-state index is 5.39. The van der Waals surface area contributed by atoms with Crippen LogP contribution in [0.5, 0.6) is 0 Å². The molecule has 0 unspecified atom stereocenters. The molecule has 2 nitrogen and oxygen atoms in total. The second-order valence-corrected chi connectivity index (χ2v) is 3.20. The van der Waals surface area contributed by atoms with Crippen LogP contribution in [0.25, 0.3) is 0 Å². The Bertz CT molecular complexity index is 210. The first-order valence-electron chi connectivity index (χ1n) is 5.38. The predicted octanol–water partition coefficient (Wildman–Crippen LogP) is -1.96. The molecule has 3 heteroatoms. The molecule has 0 aromatic heterocycles. The maximum Gasteiger partial charge on any atom is 0.0915 e. The predicted molar refractivity (Wildman–Crippen MR) is 62.1 cm³/mol. The van der Waals surface area contributed by atoms with Gasteiger partial charge in [0, 0.05) is 0 Å². The third-order valence-corrected chi connectivity index (χ3v) is 2.16. The van der Waals surface area contributed by atoms with E-state index in [2.05, 4.69) is 45.0 Å². The van der Waals surface area contributed by atoms with Crippen molar-refractivity contribution in [2.75, 3.05) is 13.1 Å². The highest BCUT2D eigenvalue weighted by Gasteiger charge is 1.86. The number of quaternary nitrogens is 1. The molecule has 0 aliphatic carbocycles. The molecule has 0 heterocycles. The highest BCUT2D eigenvalue weighted by molar-refractivity contribution is 5.13. The number of hydrogen-bond donors (Lipinski definition) is 2. The van der Waals surface area contributed by atoms with Gasteiger partial charge in [-0.15, -0.1) is 0 Å². The lowest BCUT2D eigenvalue weighted by Crippen LogP contribution is -3.17. The summed E-state index contributed by atoms with van der Waals surface area (Å²) in [5.41, 5.74) is 1.41. The van der Waals surface area contributed by atoms with Crippen molar-refractivity contribution in [1.29, 1.82) is 0 Å². The Morgan fingerprint density at radius 1 is 1.00 bits per heavy atom. The lowest BCUT2D eigenvalue weighted by Gasteiger charge is -2.03. The third kappa shape index (κ3) is 9.73. The molecular formula is C12H23ClN2. The van der Waals surface area contributed by atoms with Crippen LogP contribution in [-0.4, -0.2) is 13.1 Å². The molecule has 0 aliphatic heterocycles. The molecule has 0 atom stereocenters. The summed E-state index contributed by atoms with van der Waals surface area (Å²) in [7, 11) is 0. The number of halogens is 1. The number of nitrogens with one attached hydrogen (secondary N) is 1. The van der Waals surface area contributed by atoms with E-state index in [0.717, 1.165) is 24.5 Å². The molecule has 0 fully saturated rings. The van der Waals surface area contributed by atoms with E-state index in [4.69, 9.17) is 5.84 Å². The van der Waals surface area contributed by atoms with Gasteiger partial charge in [-0.1, -0.05) is 37.3 Å². The van der Waals surface area contributed by atoms with Gasteiger partial charge in [-0.2, -0.15) is 5.84 Å². The van der Waals surface area contributed by atoms with Crippen LogP contribution in [-0.2, 0) is 6.42 Å². The van der Waals surface area contributed by atoms with Crippen LogP contribution >= 0.6 is 0 Å². The van der Waals surface area contributed by atoms with Crippen LogP contribution < -0.4 is 23.3 Å². The molecule has 1 aromatic rings. The topological polar surface area (TPSA) is 30.5 Å². The minimum absolute atomic E-state index is 0. The highest BCUT2D eigenvalue weighted by atomic mass is 35.5. The molecule has 1 aromatic carbocycles. The molecule has 0 aliphatic rings. The minimum Gasteiger partial charge on any atom is -1.00 e. The van der Waals surface area contributed by atoms with Crippen LogP contribution in [0.1, 0.15) is 26.3 Å². The van der Waals surface area contributed by atoms with Crippen molar-refractivity contribution in [3.8, 4) is 0 Å². The average Bonchev–Trinajstić information content (AvgIpc) is 2.30. The van der Waals surface area contributed by atoms with E-state index in [-0.39, 0.29) is 12.4 Å². The summed E-state index contributed by atoms with van der Waals surface area (Å²) in [6.45, 7) is 8.35. The van der Waals surface area contributed by atoms with E-state index < -0.39 is 0 Å². The SMILES string of the molecule is CC[NH+](N)CC.CCc1ccccc1.[Cl-]. The summed E-state index contributed by atoms with van der Waals surface area (Å²) < 4.78 is 0. The summed E-state index contributed by atoms with van der Waals surface area (Å²) in [5.74, 6) is 5.39. The molecule has 1 rings (SSSR count). The third-order valence-electron chi connectivity index (χ3n) is 2.16. The van der Waals surface area contributed by atoms with Gasteiger partial charge >= 0.3 is 0 Å². The number of aryl methyl sites for hydroxylation is 1. The zero-order valence-electron chi connectivity index (χ0n) is 9.96. The van der Waals surface area contributed by atoms with Gasteiger partial charge in [-0.3, -0.25) is 5.01 Å². The van der Waals surface area contributed by atoms with Crippen LogP contribution in [0.3, 0.4) is 0 Å². The van der Waals surface area contributed by atoms with Crippen molar-refractivity contribution in [2.45, 2.75) is 27.2 Å². The van der Waals surface area contributed by atoms with E-state index in [1.807, 2.05) is 6.07 Å². The zero-order valence-corrected chi connectivity index (χ0v) is 10.7. The first-order valence-corrected chi connectivity index (χ1v) is 5.38. The van der Waals surface area contributed by atoms with Crippen molar-refractivity contribution in [3.63, 3.8) is 0 Å². The Morgan fingerprint density at radius 3 is 1.67 bits per heavy atom. The fourth-order valence-corrected chi connectivity index (χ4v) is 0.964. The van der Waals surface area contributed by atoms with Crippen molar-refractivity contribution in [1.82, 2.24) is 0 Å². The van der Waals surface area contributed by atoms with E-state index in [0.29, 0.717) is 0 Å². The molecule has 0 saturated heterocycles. The van der Waals surface area contributed by atoms with Crippen molar-refractivity contribution < 1.29 is 17.4 Å². The quantitative estimate of drug-likeness (QED) is 0.459. The molecule has 3 N–H and O–H groups in total. The first kappa shape index (κ1) is 16.8. The fraction of sp³-hybridized carbons (Fsp3) is 0.500. The number of benzene rings is 1. The van der Waals surface area contributed by atoms with E-state index >= 15 is 0 Å². The maximum absolute atomic E-state index is 5.39. The normalized spacial score (nSPS) is 8.87. The molecule has 0 saturated carbocycles. The monoisotopic (exact) mass is 230 g/mol. The van der Waals surface area contributed by atoms with Gasteiger partial charge in [-0.05, 0) is 25.8 Å². The largest absolute Gasteiger partial charge is 1.00 e. The second kappa shape index (κ2) is 11.5. The second-order valence-electron chi connectivity index (χ2n) is 3.20. The Kier molecular flexibility index (Phi) is 12.9. The lowest BCUT2D eigenvalue weighted by atomic mass is 10.2. The molecule has 0 spiro atoms. The number of hydrogen-bond acceptors (Lipinski definition) is 1. The zero-order chi connectivity index (χ0) is 10.8. The smallest absolute Gasteiger partial charge is 0.0915 e. The Hall–Kier alpha value is -0.570. The van der Waals surface area contributed by atoms with Gasteiger partial charge in [0.1, 0.15) is 0 Å². The molecule has 15 heavy (non-hydrogen) atoms. The highest BCUT2D eigenvalue weighted by Crippen LogP contribution is 1.96. The standard InChI is InChI=1S/C8H10.C4H12N2.ClH/c1-2-8-6-4-3-5-7-8;1-3-6(5)4-2;/h3-7H,2H2,1H3;3-5H2,1-2H3;1H. The summed E-state index contributed by atoms with van der Waals surface area (Å²) in [6, 6.07) is 10.5. The van der Waals surface area contributed by atoms with Gasteiger partial charge in [0.15, 0.2) is 0 Å². The number of rotatable bonds is 3.